The highest BCUT2D eigenvalue weighted by molar-refractivity contribution is 7.19. The molecule has 0 radical (unpaired) electrons. The first-order valence-electron chi connectivity index (χ1n) is 7.08. The topological polar surface area (TPSA) is 60.4 Å². The normalized spacial score (nSPS) is 11.7. The number of fused-ring (bicyclic) bond motifs is 4. The number of furan rings is 1. The highest BCUT2D eigenvalue weighted by atomic mass is 32.1. The molecule has 3 aromatic heterocycles. The van der Waals surface area contributed by atoms with Gasteiger partial charge in [-0.3, -0.25) is 4.79 Å². The molecule has 0 fully saturated rings. The summed E-state index contributed by atoms with van der Waals surface area (Å²) < 4.78 is 6.99. The summed E-state index contributed by atoms with van der Waals surface area (Å²) in [6.45, 7) is 0. The van der Waals surface area contributed by atoms with Crippen molar-refractivity contribution in [3.05, 3.63) is 65.0 Å². The molecule has 0 spiro atoms. The number of nitrogens with zero attached hydrogens (tertiary/aromatic N) is 3. The van der Waals surface area contributed by atoms with Gasteiger partial charge in [-0.05, 0) is 12.1 Å². The van der Waals surface area contributed by atoms with E-state index in [0.717, 1.165) is 16.0 Å². The van der Waals surface area contributed by atoms with Crippen LogP contribution in [0.3, 0.4) is 0 Å². The van der Waals surface area contributed by atoms with Gasteiger partial charge in [0.1, 0.15) is 16.1 Å². The van der Waals surface area contributed by atoms with Crippen LogP contribution in [0.2, 0.25) is 0 Å². The Morgan fingerprint density at radius 1 is 1.00 bits per heavy atom. The first-order valence-corrected chi connectivity index (χ1v) is 7.89. The van der Waals surface area contributed by atoms with E-state index < -0.39 is 0 Å². The van der Waals surface area contributed by atoms with Gasteiger partial charge >= 0.3 is 5.56 Å². The highest BCUT2D eigenvalue weighted by Crippen LogP contribution is 2.28. The number of benzene rings is 2. The van der Waals surface area contributed by atoms with E-state index in [4.69, 9.17) is 4.42 Å². The lowest BCUT2D eigenvalue weighted by Gasteiger charge is -1.91. The van der Waals surface area contributed by atoms with Gasteiger partial charge in [0.2, 0.25) is 10.5 Å². The largest absolute Gasteiger partial charge is 0.448 e. The van der Waals surface area contributed by atoms with Crippen LogP contribution in [0.5, 0.6) is 0 Å². The summed E-state index contributed by atoms with van der Waals surface area (Å²) in [5.41, 5.74) is 2.18. The molecular weight excluding hydrogens is 310 g/mol. The van der Waals surface area contributed by atoms with E-state index in [9.17, 15) is 4.79 Å². The fourth-order valence-electron chi connectivity index (χ4n) is 2.66. The molecule has 0 amide bonds. The van der Waals surface area contributed by atoms with Crippen molar-refractivity contribution in [2.75, 3.05) is 0 Å². The van der Waals surface area contributed by atoms with Gasteiger partial charge in [-0.1, -0.05) is 53.8 Å². The lowest BCUT2D eigenvalue weighted by Crippen LogP contribution is -2.14. The fourth-order valence-corrected chi connectivity index (χ4v) is 3.56. The molecule has 0 aliphatic heterocycles. The minimum absolute atomic E-state index is 0.244. The molecule has 0 unspecified atom stereocenters. The van der Waals surface area contributed by atoms with Crippen molar-refractivity contribution >= 4 is 38.4 Å². The SMILES string of the molecule is O=c1c2oc3ccccc3c2nc2sc(-c3ccccc3)nn12. The van der Waals surface area contributed by atoms with E-state index in [1.807, 2.05) is 54.6 Å². The van der Waals surface area contributed by atoms with Crippen LogP contribution in [-0.2, 0) is 0 Å². The van der Waals surface area contributed by atoms with E-state index >= 15 is 0 Å². The van der Waals surface area contributed by atoms with Crippen LogP contribution in [0.25, 0.3) is 37.6 Å². The second kappa shape index (κ2) is 4.50. The lowest BCUT2D eigenvalue weighted by molar-refractivity contribution is 0.657. The lowest BCUT2D eigenvalue weighted by atomic mass is 10.2. The molecule has 0 saturated carbocycles. The van der Waals surface area contributed by atoms with Crippen molar-refractivity contribution in [1.82, 2.24) is 14.6 Å². The van der Waals surface area contributed by atoms with Gasteiger partial charge in [-0.15, -0.1) is 0 Å². The zero-order valence-electron chi connectivity index (χ0n) is 11.8. The molecule has 0 bridgehead atoms. The molecule has 0 N–H and O–H groups in total. The first-order chi connectivity index (χ1) is 11.3. The fraction of sp³-hybridized carbons (Fsp3) is 0. The Morgan fingerprint density at radius 3 is 2.65 bits per heavy atom. The molecule has 110 valence electrons. The number of aromatic nitrogens is 3. The number of rotatable bonds is 1. The van der Waals surface area contributed by atoms with Crippen LogP contribution in [-0.4, -0.2) is 14.6 Å². The van der Waals surface area contributed by atoms with Gasteiger partial charge in [0, 0.05) is 10.9 Å². The molecule has 23 heavy (non-hydrogen) atoms. The Kier molecular flexibility index (Phi) is 2.46. The average molecular weight is 319 g/mol. The van der Waals surface area contributed by atoms with E-state index in [2.05, 4.69) is 10.1 Å². The van der Waals surface area contributed by atoms with Crippen molar-refractivity contribution in [2.45, 2.75) is 0 Å². The second-order valence-electron chi connectivity index (χ2n) is 5.16. The molecular formula is C17H9N3O2S. The van der Waals surface area contributed by atoms with E-state index in [1.54, 1.807) is 0 Å². The van der Waals surface area contributed by atoms with Crippen LogP contribution in [0, 0.1) is 0 Å². The van der Waals surface area contributed by atoms with Crippen molar-refractivity contribution in [3.63, 3.8) is 0 Å². The van der Waals surface area contributed by atoms with Crippen molar-refractivity contribution in [3.8, 4) is 10.6 Å². The highest BCUT2D eigenvalue weighted by Gasteiger charge is 2.17. The number of hydrogen-bond acceptors (Lipinski definition) is 5. The molecule has 0 aliphatic rings. The van der Waals surface area contributed by atoms with Crippen LogP contribution in [0.4, 0.5) is 0 Å². The minimum atomic E-state index is -0.278. The number of hydrogen-bond donors (Lipinski definition) is 0. The molecule has 6 heteroatoms. The number of para-hydroxylation sites is 1. The summed E-state index contributed by atoms with van der Waals surface area (Å²) in [5.74, 6) is 0. The Labute approximate surface area is 133 Å². The maximum absolute atomic E-state index is 12.7. The second-order valence-corrected chi connectivity index (χ2v) is 6.12. The van der Waals surface area contributed by atoms with Crippen LogP contribution >= 0.6 is 11.3 Å². The molecule has 0 aliphatic carbocycles. The van der Waals surface area contributed by atoms with Gasteiger partial charge < -0.3 is 4.42 Å². The van der Waals surface area contributed by atoms with Crippen LogP contribution in [0.15, 0.2) is 63.8 Å². The van der Waals surface area contributed by atoms with Gasteiger partial charge in [0.15, 0.2) is 0 Å². The van der Waals surface area contributed by atoms with E-state index in [0.29, 0.717) is 16.1 Å². The summed E-state index contributed by atoms with van der Waals surface area (Å²) >= 11 is 1.39. The van der Waals surface area contributed by atoms with Gasteiger partial charge in [-0.25, -0.2) is 4.98 Å². The molecule has 2 aromatic carbocycles. The minimum Gasteiger partial charge on any atom is -0.448 e. The van der Waals surface area contributed by atoms with Gasteiger partial charge in [-0.2, -0.15) is 9.61 Å². The first kappa shape index (κ1) is 12.5. The Bertz CT molecular complexity index is 1230. The van der Waals surface area contributed by atoms with Crippen LogP contribution < -0.4 is 5.56 Å². The third-order valence-electron chi connectivity index (χ3n) is 3.74. The summed E-state index contributed by atoms with van der Waals surface area (Å²) in [7, 11) is 0. The Hall–Kier alpha value is -2.99. The van der Waals surface area contributed by atoms with Crippen LogP contribution in [0.1, 0.15) is 0 Å². The smallest absolute Gasteiger partial charge is 0.318 e. The van der Waals surface area contributed by atoms with Crippen molar-refractivity contribution in [2.24, 2.45) is 0 Å². The van der Waals surface area contributed by atoms with Gasteiger partial charge in [0.05, 0.1) is 0 Å². The monoisotopic (exact) mass is 319 g/mol. The van der Waals surface area contributed by atoms with Crippen molar-refractivity contribution in [1.29, 1.82) is 0 Å². The zero-order valence-corrected chi connectivity index (χ0v) is 12.6. The Balaban J connectivity index is 1.89. The van der Waals surface area contributed by atoms with Gasteiger partial charge in [0.25, 0.3) is 0 Å². The molecule has 5 rings (SSSR count). The van der Waals surface area contributed by atoms with Crippen molar-refractivity contribution < 1.29 is 4.42 Å². The molecule has 5 nitrogen and oxygen atoms in total. The molecule has 0 saturated heterocycles. The quantitative estimate of drug-likeness (QED) is 0.472. The molecule has 5 aromatic rings. The molecule has 0 atom stereocenters. The average Bonchev–Trinajstić information content (AvgIpc) is 3.18. The summed E-state index contributed by atoms with van der Waals surface area (Å²) in [5, 5.41) is 6.00. The third-order valence-corrected chi connectivity index (χ3v) is 4.70. The zero-order chi connectivity index (χ0) is 15.4. The predicted octanol–water partition coefficient (Wildman–Crippen LogP) is 3.72. The third kappa shape index (κ3) is 1.75. The maximum atomic E-state index is 12.7. The summed E-state index contributed by atoms with van der Waals surface area (Å²) in [6, 6.07) is 17.3. The Morgan fingerprint density at radius 2 is 1.78 bits per heavy atom. The summed E-state index contributed by atoms with van der Waals surface area (Å²) in [4.78, 5) is 17.8. The summed E-state index contributed by atoms with van der Waals surface area (Å²) in [6.07, 6.45) is 0. The standard InChI is InChI=1S/C17H9N3O2S/c21-16-14-13(11-8-4-5-9-12(11)22-14)18-17-20(16)19-15(23-17)10-6-2-1-3-7-10/h1-9H. The molecule has 3 heterocycles. The van der Waals surface area contributed by atoms with E-state index in [1.165, 1.54) is 15.9 Å². The van der Waals surface area contributed by atoms with E-state index in [-0.39, 0.29) is 11.1 Å². The predicted molar refractivity (Wildman–Crippen MR) is 89.8 cm³/mol. The maximum Gasteiger partial charge on any atom is 0.318 e.